The van der Waals surface area contributed by atoms with E-state index in [1.165, 1.54) is 5.56 Å². The molecule has 0 aliphatic rings. The molecule has 0 bridgehead atoms. The molecule has 0 saturated carbocycles. The molecule has 3 nitrogen and oxygen atoms in total. The van der Waals surface area contributed by atoms with E-state index >= 15 is 0 Å². The second-order valence-electron chi connectivity index (χ2n) is 4.82. The van der Waals surface area contributed by atoms with Gasteiger partial charge in [0.1, 0.15) is 0 Å². The normalized spacial score (nSPS) is 12.9. The molecule has 0 spiro atoms. The molecule has 2 N–H and O–H groups in total. The van der Waals surface area contributed by atoms with Gasteiger partial charge in [0.25, 0.3) is 0 Å². The van der Waals surface area contributed by atoms with Crippen molar-refractivity contribution in [3.8, 4) is 0 Å². The van der Waals surface area contributed by atoms with Crippen molar-refractivity contribution in [2.24, 2.45) is 0 Å². The minimum atomic E-state index is 0.455. The molecule has 1 atom stereocenters. The Hall–Kier alpha value is -0.900. The molecule has 0 aliphatic carbocycles. The largest absolute Gasteiger partial charge is 0.309 e. The molecule has 1 rings (SSSR count). The van der Waals surface area contributed by atoms with Crippen LogP contribution in [-0.4, -0.2) is 38.1 Å². The second-order valence-corrected chi connectivity index (χ2v) is 4.82. The third-order valence-corrected chi connectivity index (χ3v) is 2.64. The molecule has 0 heterocycles. The average molecular weight is 235 g/mol. The molecule has 1 aromatic rings. The summed E-state index contributed by atoms with van der Waals surface area (Å²) in [6.45, 7) is 4.34. The molecule has 0 saturated heterocycles. The first kappa shape index (κ1) is 14.2. The van der Waals surface area contributed by atoms with E-state index in [-0.39, 0.29) is 0 Å². The van der Waals surface area contributed by atoms with Gasteiger partial charge in [0.2, 0.25) is 0 Å². The Bertz CT molecular complexity index is 285. The molecule has 0 radical (unpaired) electrons. The van der Waals surface area contributed by atoms with Crippen molar-refractivity contribution in [2.75, 3.05) is 27.2 Å². The van der Waals surface area contributed by atoms with Gasteiger partial charge in [-0.1, -0.05) is 30.3 Å². The zero-order valence-electron chi connectivity index (χ0n) is 11.2. The summed E-state index contributed by atoms with van der Waals surface area (Å²) in [4.78, 5) is 2.20. The molecule has 0 fully saturated rings. The van der Waals surface area contributed by atoms with Crippen LogP contribution in [0.5, 0.6) is 0 Å². The molecule has 1 aromatic carbocycles. The molecular weight excluding hydrogens is 210 g/mol. The maximum Gasteiger partial charge on any atom is 0.0225 e. The van der Waals surface area contributed by atoms with Gasteiger partial charge in [-0.25, -0.2) is 0 Å². The van der Waals surface area contributed by atoms with Crippen LogP contribution in [0.15, 0.2) is 30.3 Å². The predicted octanol–water partition coefficient (Wildman–Crippen LogP) is 1.66. The monoisotopic (exact) mass is 235 g/mol. The van der Waals surface area contributed by atoms with Crippen LogP contribution in [0.3, 0.4) is 0 Å². The first-order valence-corrected chi connectivity index (χ1v) is 6.35. The van der Waals surface area contributed by atoms with E-state index in [0.29, 0.717) is 6.04 Å². The van der Waals surface area contributed by atoms with E-state index in [2.05, 4.69) is 67.1 Å². The van der Waals surface area contributed by atoms with Gasteiger partial charge in [-0.05, 0) is 46.0 Å². The number of hydrogen-bond acceptors (Lipinski definition) is 3. The first-order chi connectivity index (χ1) is 8.18. The Balaban J connectivity index is 2.07. The zero-order valence-corrected chi connectivity index (χ0v) is 11.2. The minimum Gasteiger partial charge on any atom is -0.309 e. The summed E-state index contributed by atoms with van der Waals surface area (Å²) in [7, 11) is 4.21. The van der Waals surface area contributed by atoms with Gasteiger partial charge >= 0.3 is 0 Å². The maximum atomic E-state index is 3.34. The molecule has 0 aromatic heterocycles. The van der Waals surface area contributed by atoms with Crippen LogP contribution in [-0.2, 0) is 6.42 Å². The summed E-state index contributed by atoms with van der Waals surface area (Å²) in [5.41, 5.74) is 8.00. The van der Waals surface area contributed by atoms with Crippen LogP contribution in [0.25, 0.3) is 0 Å². The van der Waals surface area contributed by atoms with Gasteiger partial charge in [-0.2, -0.15) is 0 Å². The van der Waals surface area contributed by atoms with Crippen molar-refractivity contribution >= 4 is 0 Å². The number of hydrogen-bond donors (Lipinski definition) is 2. The van der Waals surface area contributed by atoms with Crippen molar-refractivity contribution in [1.82, 2.24) is 15.8 Å². The van der Waals surface area contributed by atoms with Gasteiger partial charge in [0.05, 0.1) is 0 Å². The summed E-state index contributed by atoms with van der Waals surface area (Å²) in [6, 6.07) is 11.0. The Kier molecular flexibility index (Phi) is 6.86. The first-order valence-electron chi connectivity index (χ1n) is 6.35. The van der Waals surface area contributed by atoms with Crippen LogP contribution in [0.4, 0.5) is 0 Å². The van der Waals surface area contributed by atoms with Crippen LogP contribution in [0.2, 0.25) is 0 Å². The minimum absolute atomic E-state index is 0.455. The van der Waals surface area contributed by atoms with E-state index in [4.69, 9.17) is 0 Å². The SMILES string of the molecule is CC(Cc1ccccc1)NNCCCN(C)C. The van der Waals surface area contributed by atoms with Gasteiger partial charge in [0, 0.05) is 12.6 Å². The van der Waals surface area contributed by atoms with Crippen molar-refractivity contribution in [3.05, 3.63) is 35.9 Å². The average Bonchev–Trinajstić information content (AvgIpc) is 2.29. The lowest BCUT2D eigenvalue weighted by Crippen LogP contribution is -2.41. The van der Waals surface area contributed by atoms with Gasteiger partial charge in [0.15, 0.2) is 0 Å². The maximum absolute atomic E-state index is 3.34. The molecular formula is C14H25N3. The third-order valence-electron chi connectivity index (χ3n) is 2.64. The van der Waals surface area contributed by atoms with Crippen molar-refractivity contribution < 1.29 is 0 Å². The third kappa shape index (κ3) is 7.10. The van der Waals surface area contributed by atoms with Crippen LogP contribution < -0.4 is 10.9 Å². The highest BCUT2D eigenvalue weighted by Gasteiger charge is 2.01. The fraction of sp³-hybridized carbons (Fsp3) is 0.571. The van der Waals surface area contributed by atoms with Crippen LogP contribution in [0, 0.1) is 0 Å². The summed E-state index contributed by atoms with van der Waals surface area (Å²) < 4.78 is 0. The van der Waals surface area contributed by atoms with Crippen LogP contribution >= 0.6 is 0 Å². The van der Waals surface area contributed by atoms with Gasteiger partial charge in [-0.15, -0.1) is 0 Å². The fourth-order valence-electron chi connectivity index (χ4n) is 1.75. The summed E-state index contributed by atoms with van der Waals surface area (Å²) in [5.74, 6) is 0. The fourth-order valence-corrected chi connectivity index (χ4v) is 1.75. The lowest BCUT2D eigenvalue weighted by molar-refractivity contribution is 0.375. The highest BCUT2D eigenvalue weighted by molar-refractivity contribution is 5.15. The lowest BCUT2D eigenvalue weighted by Gasteiger charge is -2.15. The quantitative estimate of drug-likeness (QED) is 0.530. The molecule has 17 heavy (non-hydrogen) atoms. The Morgan fingerprint density at radius 1 is 1.18 bits per heavy atom. The molecule has 1 unspecified atom stereocenters. The molecule has 0 aliphatic heterocycles. The number of nitrogens with zero attached hydrogens (tertiary/aromatic N) is 1. The second kappa shape index (κ2) is 8.23. The van der Waals surface area contributed by atoms with Gasteiger partial charge in [-0.3, -0.25) is 10.9 Å². The number of benzene rings is 1. The zero-order chi connectivity index (χ0) is 12.5. The van der Waals surface area contributed by atoms with Crippen molar-refractivity contribution in [1.29, 1.82) is 0 Å². The Morgan fingerprint density at radius 2 is 1.88 bits per heavy atom. The van der Waals surface area contributed by atoms with E-state index < -0.39 is 0 Å². The van der Waals surface area contributed by atoms with Crippen LogP contribution in [0.1, 0.15) is 18.9 Å². The lowest BCUT2D eigenvalue weighted by atomic mass is 10.1. The smallest absolute Gasteiger partial charge is 0.0225 e. The molecule has 96 valence electrons. The summed E-state index contributed by atoms with van der Waals surface area (Å²) in [5, 5.41) is 0. The standard InChI is InChI=1S/C14H25N3/c1-13(12-14-8-5-4-6-9-14)16-15-10-7-11-17(2)3/h4-6,8-9,13,15-16H,7,10-12H2,1-3H3. The van der Waals surface area contributed by atoms with E-state index in [9.17, 15) is 0 Å². The Labute approximate surface area is 105 Å². The van der Waals surface area contributed by atoms with Gasteiger partial charge < -0.3 is 4.90 Å². The topological polar surface area (TPSA) is 27.3 Å². The van der Waals surface area contributed by atoms with Crippen molar-refractivity contribution in [3.63, 3.8) is 0 Å². The van der Waals surface area contributed by atoms with E-state index in [0.717, 1.165) is 25.9 Å². The molecule has 3 heteroatoms. The van der Waals surface area contributed by atoms with E-state index in [1.807, 2.05) is 0 Å². The number of hydrazine groups is 1. The predicted molar refractivity (Wildman–Crippen MR) is 73.9 cm³/mol. The Morgan fingerprint density at radius 3 is 2.53 bits per heavy atom. The highest BCUT2D eigenvalue weighted by atomic mass is 15.4. The summed E-state index contributed by atoms with van der Waals surface area (Å²) in [6.07, 6.45) is 2.22. The van der Waals surface area contributed by atoms with Crippen molar-refractivity contribution in [2.45, 2.75) is 25.8 Å². The summed E-state index contributed by atoms with van der Waals surface area (Å²) >= 11 is 0. The highest BCUT2D eigenvalue weighted by Crippen LogP contribution is 2.01. The molecule has 0 amide bonds. The number of rotatable bonds is 8. The van der Waals surface area contributed by atoms with E-state index in [1.54, 1.807) is 0 Å². The number of nitrogens with one attached hydrogen (secondary N) is 2.